The molecule has 3 aromatic rings. The van der Waals surface area contributed by atoms with Crippen LogP contribution in [-0.4, -0.2) is 15.6 Å². The third-order valence-electron chi connectivity index (χ3n) is 3.27. The molecule has 0 spiro atoms. The Morgan fingerprint density at radius 3 is 2.29 bits per heavy atom. The number of para-hydroxylation sites is 1. The molecule has 0 aliphatic carbocycles. The van der Waals surface area contributed by atoms with Gasteiger partial charge in [0, 0.05) is 17.0 Å². The topological polar surface area (TPSA) is 59.3 Å². The lowest BCUT2D eigenvalue weighted by atomic mass is 10.1. The molecule has 0 unspecified atom stereocenters. The van der Waals surface area contributed by atoms with Crippen LogP contribution in [0.2, 0.25) is 0 Å². The van der Waals surface area contributed by atoms with Crippen molar-refractivity contribution in [1.82, 2.24) is 4.57 Å². The van der Waals surface area contributed by atoms with Crippen LogP contribution in [0.4, 0.5) is 4.39 Å². The highest BCUT2D eigenvalue weighted by molar-refractivity contribution is 6.03. The van der Waals surface area contributed by atoms with Gasteiger partial charge in [-0.25, -0.2) is 9.18 Å². The molecule has 4 nitrogen and oxygen atoms in total. The maximum atomic E-state index is 13.9. The lowest BCUT2D eigenvalue weighted by Gasteiger charge is -2.10. The Bertz CT molecular complexity index is 915. The number of hydrogen-bond acceptors (Lipinski definition) is 2. The molecule has 0 saturated carbocycles. The van der Waals surface area contributed by atoms with E-state index in [4.69, 9.17) is 0 Å². The second kappa shape index (κ2) is 4.86. The number of carbonyl (C=O) groups is 1. The highest BCUT2D eigenvalue weighted by Gasteiger charge is 2.15. The van der Waals surface area contributed by atoms with Gasteiger partial charge in [-0.05, 0) is 18.2 Å². The summed E-state index contributed by atoms with van der Waals surface area (Å²) in [5.41, 5.74) is -0.482. The summed E-state index contributed by atoms with van der Waals surface area (Å²) in [6, 6.07) is 12.1. The second-order valence-electron chi connectivity index (χ2n) is 4.52. The molecule has 0 aliphatic rings. The van der Waals surface area contributed by atoms with Crippen LogP contribution < -0.4 is 5.56 Å². The first-order chi connectivity index (χ1) is 10.1. The first-order valence-electron chi connectivity index (χ1n) is 6.22. The molecule has 21 heavy (non-hydrogen) atoms. The number of benzene rings is 2. The number of halogens is 1. The van der Waals surface area contributed by atoms with Crippen LogP contribution in [0.25, 0.3) is 16.5 Å². The van der Waals surface area contributed by atoms with E-state index in [0.29, 0.717) is 5.39 Å². The fourth-order valence-electron chi connectivity index (χ4n) is 2.29. The molecular weight excluding hydrogens is 273 g/mol. The largest absolute Gasteiger partial charge is 0.478 e. The molecule has 104 valence electrons. The Kier molecular flexibility index (Phi) is 3.02. The molecule has 0 amide bonds. The summed E-state index contributed by atoms with van der Waals surface area (Å²) >= 11 is 0. The van der Waals surface area contributed by atoms with Gasteiger partial charge in [0.1, 0.15) is 5.82 Å². The van der Waals surface area contributed by atoms with Crippen molar-refractivity contribution in [2.45, 2.75) is 0 Å². The van der Waals surface area contributed by atoms with Crippen molar-refractivity contribution in [3.63, 3.8) is 0 Å². The van der Waals surface area contributed by atoms with E-state index in [1.165, 1.54) is 24.3 Å². The van der Waals surface area contributed by atoms with Crippen LogP contribution in [0.1, 0.15) is 10.4 Å². The number of carboxylic acids is 1. The third-order valence-corrected chi connectivity index (χ3v) is 3.27. The number of fused-ring (bicyclic) bond motifs is 1. The van der Waals surface area contributed by atoms with Crippen LogP contribution in [-0.2, 0) is 0 Å². The molecular formula is C16H10FNO3. The normalized spacial score (nSPS) is 10.7. The minimum atomic E-state index is -1.17. The van der Waals surface area contributed by atoms with E-state index >= 15 is 0 Å². The molecule has 0 aliphatic heterocycles. The quantitative estimate of drug-likeness (QED) is 0.786. The standard InChI is InChI=1S/C16H10FNO3/c17-13-7-3-4-8-14(13)18-9-12(16(20)21)10-5-1-2-6-11(10)15(18)19/h1-9H,(H,20,21). The molecule has 0 bridgehead atoms. The van der Waals surface area contributed by atoms with Crippen molar-refractivity contribution in [2.75, 3.05) is 0 Å². The predicted octanol–water partition coefficient (Wildman–Crippen LogP) is 2.83. The van der Waals surface area contributed by atoms with Gasteiger partial charge in [-0.3, -0.25) is 9.36 Å². The Morgan fingerprint density at radius 1 is 1.00 bits per heavy atom. The summed E-state index contributed by atoms with van der Waals surface area (Å²) in [4.78, 5) is 23.8. The zero-order valence-electron chi connectivity index (χ0n) is 10.8. The smallest absolute Gasteiger partial charge is 0.337 e. The number of nitrogens with zero attached hydrogens (tertiary/aromatic N) is 1. The lowest BCUT2D eigenvalue weighted by molar-refractivity contribution is 0.0698. The highest BCUT2D eigenvalue weighted by atomic mass is 19.1. The number of carboxylic acid groups (broad SMARTS) is 1. The molecule has 0 radical (unpaired) electrons. The fourth-order valence-corrected chi connectivity index (χ4v) is 2.29. The molecule has 0 fully saturated rings. The molecule has 3 rings (SSSR count). The van der Waals surface area contributed by atoms with E-state index in [1.807, 2.05) is 0 Å². The minimum Gasteiger partial charge on any atom is -0.478 e. The third kappa shape index (κ3) is 2.08. The van der Waals surface area contributed by atoms with Crippen molar-refractivity contribution in [1.29, 1.82) is 0 Å². The average Bonchev–Trinajstić information content (AvgIpc) is 2.48. The van der Waals surface area contributed by atoms with Gasteiger partial charge in [0.2, 0.25) is 0 Å². The predicted molar refractivity (Wildman–Crippen MR) is 76.5 cm³/mol. The van der Waals surface area contributed by atoms with E-state index in [-0.39, 0.29) is 16.6 Å². The lowest BCUT2D eigenvalue weighted by Crippen LogP contribution is -2.21. The maximum Gasteiger partial charge on any atom is 0.337 e. The van der Waals surface area contributed by atoms with E-state index in [1.54, 1.807) is 24.3 Å². The monoisotopic (exact) mass is 283 g/mol. The molecule has 0 atom stereocenters. The number of hydrogen-bond donors (Lipinski definition) is 1. The Hall–Kier alpha value is -2.95. The summed E-state index contributed by atoms with van der Waals surface area (Å²) in [6.07, 6.45) is 1.16. The van der Waals surface area contributed by atoms with Crippen molar-refractivity contribution < 1.29 is 14.3 Å². The summed E-state index contributed by atoms with van der Waals surface area (Å²) < 4.78 is 14.9. The molecule has 2 aromatic carbocycles. The molecule has 1 aromatic heterocycles. The van der Waals surface area contributed by atoms with Crippen molar-refractivity contribution >= 4 is 16.7 Å². The SMILES string of the molecule is O=C(O)c1cn(-c2ccccc2F)c(=O)c2ccccc12. The Morgan fingerprint density at radius 2 is 1.62 bits per heavy atom. The van der Waals surface area contributed by atoms with Crippen LogP contribution in [0.5, 0.6) is 0 Å². The molecule has 5 heteroatoms. The van der Waals surface area contributed by atoms with Crippen molar-refractivity contribution in [3.8, 4) is 5.69 Å². The van der Waals surface area contributed by atoms with Gasteiger partial charge in [-0.1, -0.05) is 30.3 Å². The van der Waals surface area contributed by atoms with E-state index in [0.717, 1.165) is 10.8 Å². The van der Waals surface area contributed by atoms with Gasteiger partial charge in [0.15, 0.2) is 0 Å². The van der Waals surface area contributed by atoms with Gasteiger partial charge < -0.3 is 5.11 Å². The van der Waals surface area contributed by atoms with E-state index in [2.05, 4.69) is 0 Å². The zero-order chi connectivity index (χ0) is 15.0. The number of aromatic carboxylic acids is 1. The van der Waals surface area contributed by atoms with Crippen molar-refractivity contribution in [2.24, 2.45) is 0 Å². The Balaban J connectivity index is 2.45. The van der Waals surface area contributed by atoms with Gasteiger partial charge >= 0.3 is 5.97 Å². The number of pyridine rings is 1. The zero-order valence-corrected chi connectivity index (χ0v) is 10.8. The van der Waals surface area contributed by atoms with E-state index < -0.39 is 17.3 Å². The van der Waals surface area contributed by atoms with Crippen LogP contribution in [0.3, 0.4) is 0 Å². The molecule has 1 heterocycles. The highest BCUT2D eigenvalue weighted by Crippen LogP contribution is 2.18. The first-order valence-corrected chi connectivity index (χ1v) is 6.22. The van der Waals surface area contributed by atoms with Gasteiger partial charge in [-0.2, -0.15) is 0 Å². The average molecular weight is 283 g/mol. The van der Waals surface area contributed by atoms with Crippen LogP contribution >= 0.6 is 0 Å². The maximum absolute atomic E-state index is 13.9. The molecule has 0 saturated heterocycles. The minimum absolute atomic E-state index is 0.0238. The number of aromatic nitrogens is 1. The van der Waals surface area contributed by atoms with Gasteiger partial charge in [0.05, 0.1) is 11.3 Å². The number of rotatable bonds is 2. The summed E-state index contributed by atoms with van der Waals surface area (Å²) in [5, 5.41) is 9.88. The second-order valence-corrected chi connectivity index (χ2v) is 4.52. The first kappa shape index (κ1) is 13.1. The van der Waals surface area contributed by atoms with E-state index in [9.17, 15) is 19.1 Å². The van der Waals surface area contributed by atoms with Gasteiger partial charge in [-0.15, -0.1) is 0 Å². The Labute approximate surface area is 118 Å². The van der Waals surface area contributed by atoms with Crippen molar-refractivity contribution in [3.05, 3.63) is 76.5 Å². The van der Waals surface area contributed by atoms with Crippen LogP contribution in [0.15, 0.2) is 59.5 Å². The van der Waals surface area contributed by atoms with Crippen LogP contribution in [0, 0.1) is 5.82 Å². The van der Waals surface area contributed by atoms with Gasteiger partial charge in [0.25, 0.3) is 5.56 Å². The summed E-state index contributed by atoms with van der Waals surface area (Å²) in [5.74, 6) is -1.76. The molecule has 1 N–H and O–H groups in total. The summed E-state index contributed by atoms with van der Waals surface area (Å²) in [7, 11) is 0. The summed E-state index contributed by atoms with van der Waals surface area (Å²) in [6.45, 7) is 0. The fraction of sp³-hybridized carbons (Fsp3) is 0.